The standard InChI is InChI=1S/C9H8BrNO.C9H10BrN.C9H7BrO/c10-8-3-1-2-7-6(8)4-5-9(7)11-12;2*10-8-3-1-2-7-6(8)4-5-9(7)11/h1-3,12H,4-5H2;1-3,9H,4-5,11H2;1-3H,4-5H2/b11-9-;;. The summed E-state index contributed by atoms with van der Waals surface area (Å²) in [6.45, 7) is 0. The quantitative estimate of drug-likeness (QED) is 0.195. The maximum absolute atomic E-state index is 11.2. The van der Waals surface area contributed by atoms with Gasteiger partial charge in [-0.25, -0.2) is 0 Å². The van der Waals surface area contributed by atoms with Crippen LogP contribution in [0.15, 0.2) is 73.2 Å². The molecule has 1 unspecified atom stereocenters. The van der Waals surface area contributed by atoms with Gasteiger partial charge >= 0.3 is 0 Å². The summed E-state index contributed by atoms with van der Waals surface area (Å²) < 4.78 is 3.39. The van der Waals surface area contributed by atoms with Crippen molar-refractivity contribution in [3.05, 3.63) is 101 Å². The van der Waals surface area contributed by atoms with Crippen LogP contribution < -0.4 is 5.73 Å². The number of carbonyl (C=O) groups is 1. The second-order valence-corrected chi connectivity index (χ2v) is 11.0. The van der Waals surface area contributed by atoms with E-state index in [1.807, 2.05) is 42.5 Å². The van der Waals surface area contributed by atoms with Crippen LogP contribution >= 0.6 is 47.8 Å². The summed E-state index contributed by atoms with van der Waals surface area (Å²) in [7, 11) is 0. The van der Waals surface area contributed by atoms with Gasteiger partial charge in [-0.15, -0.1) is 0 Å². The van der Waals surface area contributed by atoms with E-state index in [-0.39, 0.29) is 11.8 Å². The predicted octanol–water partition coefficient (Wildman–Crippen LogP) is 7.55. The molecule has 0 spiro atoms. The van der Waals surface area contributed by atoms with Gasteiger partial charge in [-0.05, 0) is 72.6 Å². The van der Waals surface area contributed by atoms with Gasteiger partial charge < -0.3 is 10.9 Å². The van der Waals surface area contributed by atoms with Gasteiger partial charge in [0, 0.05) is 37.0 Å². The second-order valence-electron chi connectivity index (χ2n) is 8.45. The molecule has 0 saturated carbocycles. The fraction of sp³-hybridized carbons (Fsp3) is 0.259. The fourth-order valence-corrected chi connectivity index (χ4v) is 6.36. The van der Waals surface area contributed by atoms with Crippen molar-refractivity contribution in [2.75, 3.05) is 0 Å². The SMILES string of the molecule is NC1CCc2c(Br)cccc21.O/N=C1/CCc2c(Br)cccc21.O=C1CCc2c(Br)cccc21. The Bertz CT molecular complexity index is 1260. The third kappa shape index (κ3) is 5.38. The van der Waals surface area contributed by atoms with Crippen molar-refractivity contribution in [2.24, 2.45) is 10.9 Å². The highest BCUT2D eigenvalue weighted by atomic mass is 79.9. The number of carbonyl (C=O) groups excluding carboxylic acids is 1. The first kappa shape index (κ1) is 25.3. The fourth-order valence-electron chi connectivity index (χ4n) is 4.65. The molecule has 0 radical (unpaired) electrons. The number of hydrogen-bond acceptors (Lipinski definition) is 4. The van der Waals surface area contributed by atoms with E-state index in [9.17, 15) is 4.79 Å². The van der Waals surface area contributed by atoms with E-state index in [1.54, 1.807) is 0 Å². The van der Waals surface area contributed by atoms with Crippen molar-refractivity contribution in [2.45, 2.75) is 44.6 Å². The molecule has 4 nitrogen and oxygen atoms in total. The number of nitrogens with two attached hydrogens (primary N) is 1. The maximum atomic E-state index is 11.2. The Hall–Kier alpha value is -1.80. The smallest absolute Gasteiger partial charge is 0.163 e. The summed E-state index contributed by atoms with van der Waals surface area (Å²) in [4.78, 5) is 11.2. The summed E-state index contributed by atoms with van der Waals surface area (Å²) >= 11 is 10.4. The molecule has 6 rings (SSSR count). The predicted molar refractivity (Wildman–Crippen MR) is 147 cm³/mol. The van der Waals surface area contributed by atoms with Crippen molar-refractivity contribution >= 4 is 59.3 Å². The van der Waals surface area contributed by atoms with E-state index in [0.29, 0.717) is 6.42 Å². The van der Waals surface area contributed by atoms with E-state index < -0.39 is 0 Å². The minimum atomic E-state index is 0.266. The van der Waals surface area contributed by atoms with E-state index in [0.717, 1.165) is 57.9 Å². The molecular formula is C27H25Br3N2O2. The molecule has 1 atom stereocenters. The molecule has 0 aliphatic heterocycles. The molecule has 34 heavy (non-hydrogen) atoms. The molecule has 0 bridgehead atoms. The topological polar surface area (TPSA) is 75.7 Å². The first-order valence-electron chi connectivity index (χ1n) is 11.2. The van der Waals surface area contributed by atoms with Crippen molar-refractivity contribution in [1.82, 2.24) is 0 Å². The highest BCUT2D eigenvalue weighted by molar-refractivity contribution is 9.11. The zero-order chi connectivity index (χ0) is 24.2. The van der Waals surface area contributed by atoms with Gasteiger partial charge in [-0.1, -0.05) is 89.3 Å². The van der Waals surface area contributed by atoms with Crippen LogP contribution in [0.25, 0.3) is 0 Å². The van der Waals surface area contributed by atoms with Crippen molar-refractivity contribution in [3.63, 3.8) is 0 Å². The lowest BCUT2D eigenvalue weighted by atomic mass is 10.1. The van der Waals surface area contributed by atoms with E-state index in [4.69, 9.17) is 10.9 Å². The van der Waals surface area contributed by atoms with Crippen LogP contribution in [0.5, 0.6) is 0 Å². The van der Waals surface area contributed by atoms with Crippen LogP contribution in [0, 0.1) is 0 Å². The number of Topliss-reactive ketones (excluding diaryl/α,β-unsaturated/α-hetero) is 1. The van der Waals surface area contributed by atoms with E-state index in [1.165, 1.54) is 26.7 Å². The van der Waals surface area contributed by atoms with Crippen LogP contribution in [0.3, 0.4) is 0 Å². The Morgan fingerprint density at radius 2 is 1.29 bits per heavy atom. The summed E-state index contributed by atoms with van der Waals surface area (Å²) in [6.07, 6.45) is 5.61. The maximum Gasteiger partial charge on any atom is 0.163 e. The number of fused-ring (bicyclic) bond motifs is 3. The number of oxime groups is 1. The molecular weight excluding hydrogens is 624 g/mol. The number of rotatable bonds is 0. The zero-order valence-electron chi connectivity index (χ0n) is 18.5. The van der Waals surface area contributed by atoms with Crippen molar-refractivity contribution < 1.29 is 10.0 Å². The molecule has 0 fully saturated rings. The first-order valence-corrected chi connectivity index (χ1v) is 13.6. The second kappa shape index (κ2) is 11.3. The molecule has 0 amide bonds. The summed E-state index contributed by atoms with van der Waals surface area (Å²) in [5, 5.41) is 11.9. The molecule has 176 valence electrons. The molecule has 3 aliphatic carbocycles. The number of ketones is 1. The average Bonchev–Trinajstić information content (AvgIpc) is 3.54. The Morgan fingerprint density at radius 1 is 0.735 bits per heavy atom. The van der Waals surface area contributed by atoms with Crippen LogP contribution in [0.2, 0.25) is 0 Å². The lowest BCUT2D eigenvalue weighted by Gasteiger charge is -2.04. The Labute approximate surface area is 225 Å². The molecule has 7 heteroatoms. The largest absolute Gasteiger partial charge is 0.411 e. The summed E-state index contributed by atoms with van der Waals surface area (Å²) in [6, 6.07) is 18.3. The summed E-state index contributed by atoms with van der Waals surface area (Å²) in [5.41, 5.74) is 13.8. The molecule has 3 aromatic rings. The van der Waals surface area contributed by atoms with Gasteiger partial charge in [-0.2, -0.15) is 0 Å². The molecule has 3 aromatic carbocycles. The van der Waals surface area contributed by atoms with Gasteiger partial charge in [0.1, 0.15) is 0 Å². The van der Waals surface area contributed by atoms with Gasteiger partial charge in [0.2, 0.25) is 0 Å². The third-order valence-corrected chi connectivity index (χ3v) is 8.67. The van der Waals surface area contributed by atoms with Gasteiger partial charge in [0.05, 0.1) is 5.71 Å². The van der Waals surface area contributed by atoms with E-state index >= 15 is 0 Å². The third-order valence-electron chi connectivity index (χ3n) is 6.44. The highest BCUT2D eigenvalue weighted by Crippen LogP contribution is 2.34. The van der Waals surface area contributed by atoms with Gasteiger partial charge in [0.25, 0.3) is 0 Å². The normalized spacial score (nSPS) is 18.4. The van der Waals surface area contributed by atoms with Crippen LogP contribution in [-0.4, -0.2) is 16.7 Å². The minimum absolute atomic E-state index is 0.266. The molecule has 0 heterocycles. The van der Waals surface area contributed by atoms with Crippen molar-refractivity contribution in [3.8, 4) is 0 Å². The lowest BCUT2D eigenvalue weighted by molar-refractivity contribution is 0.0994. The molecule has 0 saturated heterocycles. The van der Waals surface area contributed by atoms with Crippen LogP contribution in [-0.2, 0) is 19.3 Å². The van der Waals surface area contributed by atoms with Gasteiger partial charge in [-0.3, -0.25) is 4.79 Å². The number of benzene rings is 3. The van der Waals surface area contributed by atoms with Crippen LogP contribution in [0.1, 0.15) is 63.5 Å². The van der Waals surface area contributed by atoms with Gasteiger partial charge in [0.15, 0.2) is 5.78 Å². The lowest BCUT2D eigenvalue weighted by Crippen LogP contribution is -2.04. The first-order chi connectivity index (χ1) is 16.4. The van der Waals surface area contributed by atoms with Crippen LogP contribution in [0.4, 0.5) is 0 Å². The number of hydrogen-bond donors (Lipinski definition) is 2. The number of nitrogens with zero attached hydrogens (tertiary/aromatic N) is 1. The number of halogens is 3. The van der Waals surface area contributed by atoms with E-state index in [2.05, 4.69) is 65.1 Å². The summed E-state index contributed by atoms with van der Waals surface area (Å²) in [5.74, 6) is 0.279. The monoisotopic (exact) mass is 646 g/mol. The van der Waals surface area contributed by atoms with Crippen molar-refractivity contribution in [1.29, 1.82) is 0 Å². The minimum Gasteiger partial charge on any atom is -0.411 e. The average molecular weight is 649 g/mol. The Kier molecular flexibility index (Phi) is 8.40. The molecule has 3 N–H and O–H groups in total. The molecule has 3 aliphatic rings. The molecule has 0 aromatic heterocycles. The zero-order valence-corrected chi connectivity index (χ0v) is 23.3. The Morgan fingerprint density at radius 3 is 1.91 bits per heavy atom. The highest BCUT2D eigenvalue weighted by Gasteiger charge is 2.21. The Balaban J connectivity index is 0.000000121.